The molecule has 19 nitrogen and oxygen atoms in total. The first-order valence-electron chi connectivity index (χ1n) is 25.5. The summed E-state index contributed by atoms with van der Waals surface area (Å²) in [6, 6.07) is 2.42. The Kier molecular flexibility index (Phi) is 14.1. The molecule has 390 valence electrons. The fourth-order valence-electron chi connectivity index (χ4n) is 15.4. The number of hydrogen-bond acceptors (Lipinski definition) is 17. The topological polar surface area (TPSA) is 259 Å². The van der Waals surface area contributed by atoms with Crippen LogP contribution in [0.15, 0.2) is 23.8 Å². The third-order valence-corrected chi connectivity index (χ3v) is 19.7. The average molecular weight is 984 g/mol. The zero-order valence-electron chi connectivity index (χ0n) is 42.3. The van der Waals surface area contributed by atoms with Gasteiger partial charge in [-0.3, -0.25) is 34.7 Å². The maximum atomic E-state index is 14.7. The fraction of sp³-hybridized carbons (Fsp3) is 0.804. The summed E-state index contributed by atoms with van der Waals surface area (Å²) in [7, 11) is 1.59. The number of piperazine rings is 1. The molecule has 0 radical (unpaired) electrons. The van der Waals surface area contributed by atoms with Crippen LogP contribution in [-0.2, 0) is 23.8 Å². The fourth-order valence-corrected chi connectivity index (χ4v) is 15.4. The Balaban J connectivity index is 0.950. The third kappa shape index (κ3) is 8.59. The minimum atomic E-state index is -1.67. The normalized spacial score (nSPS) is 39.0. The number of aliphatic hydroxyl groups is 5. The zero-order chi connectivity index (χ0) is 51.1. The number of fused-ring (bicyclic) bond motifs is 7. The molecule has 70 heavy (non-hydrogen) atoms. The van der Waals surface area contributed by atoms with Gasteiger partial charge in [-0.25, -0.2) is 0 Å². The van der Waals surface area contributed by atoms with Gasteiger partial charge in [-0.2, -0.15) is 0 Å². The Hall–Kier alpha value is -3.98. The van der Waals surface area contributed by atoms with E-state index in [1.165, 1.54) is 16.5 Å². The number of nitro groups is 2. The minimum Gasteiger partial charge on any atom is -0.461 e. The van der Waals surface area contributed by atoms with E-state index < -0.39 is 64.2 Å². The van der Waals surface area contributed by atoms with Crippen LogP contribution in [0.25, 0.3) is 0 Å². The lowest BCUT2D eigenvalue weighted by atomic mass is 9.33. The Morgan fingerprint density at radius 1 is 0.829 bits per heavy atom. The van der Waals surface area contributed by atoms with Gasteiger partial charge in [0.15, 0.2) is 0 Å². The van der Waals surface area contributed by atoms with E-state index >= 15 is 0 Å². The van der Waals surface area contributed by atoms with E-state index in [1.807, 2.05) is 9.80 Å². The second kappa shape index (κ2) is 18.8. The van der Waals surface area contributed by atoms with Crippen molar-refractivity contribution >= 4 is 34.7 Å². The van der Waals surface area contributed by atoms with Gasteiger partial charge in [0, 0.05) is 45.2 Å². The Labute approximate surface area is 410 Å². The van der Waals surface area contributed by atoms with Gasteiger partial charge in [0.1, 0.15) is 41.9 Å². The number of ether oxygens (including phenoxy) is 3. The van der Waals surface area contributed by atoms with E-state index in [-0.39, 0.29) is 87.7 Å². The van der Waals surface area contributed by atoms with Crippen molar-refractivity contribution in [2.75, 3.05) is 69.3 Å². The maximum Gasteiger partial charge on any atom is 0.320 e. The molecule has 2 heterocycles. The molecule has 2 aliphatic heterocycles. The first-order valence-corrected chi connectivity index (χ1v) is 25.5. The van der Waals surface area contributed by atoms with E-state index in [2.05, 4.69) is 54.5 Å². The molecule has 0 bridgehead atoms. The Morgan fingerprint density at radius 2 is 1.50 bits per heavy atom. The number of rotatable bonds is 12. The third-order valence-electron chi connectivity index (χ3n) is 19.7. The second-order valence-corrected chi connectivity index (χ2v) is 24.1. The number of likely N-dealkylation sites (N-methyl/N-ethyl adjacent to an activating group) is 1. The lowest BCUT2D eigenvalue weighted by Crippen LogP contribution is -2.65. The molecule has 1 aromatic rings. The van der Waals surface area contributed by atoms with Crippen LogP contribution in [0.2, 0.25) is 0 Å². The van der Waals surface area contributed by atoms with Crippen LogP contribution in [0.1, 0.15) is 113 Å². The van der Waals surface area contributed by atoms with Crippen LogP contribution in [0.4, 0.5) is 22.7 Å². The molecule has 0 unspecified atom stereocenters. The van der Waals surface area contributed by atoms with Crippen LogP contribution in [0.3, 0.4) is 0 Å². The van der Waals surface area contributed by atoms with Gasteiger partial charge in [-0.15, -0.1) is 0 Å². The van der Waals surface area contributed by atoms with E-state index in [0.29, 0.717) is 44.9 Å². The highest BCUT2D eigenvalue weighted by Gasteiger charge is 2.70. The SMILES string of the molecule is CN(CCO)c1cc(N2CCN(CC(=O)O[C@H]3CC[C@]4(C)[C@H]5CC=C6[C@@H]7CC(C)(C)CC[C@]7(C(=O)O[C@@H]7O[C@H](CO)[C@H](O)[C@H](O)[C@H]7O)CC[C@@]6(C)[C@]5(C)CC[C@H]4C3(C)C)CC2)c([N+](=O)[O-])cc1[N+](=O)[O-]. The largest absolute Gasteiger partial charge is 0.461 e. The molecule has 0 aromatic heterocycles. The quantitative estimate of drug-likeness (QED) is 0.0789. The smallest absolute Gasteiger partial charge is 0.320 e. The van der Waals surface area contributed by atoms with Gasteiger partial charge in [-0.1, -0.05) is 60.1 Å². The molecule has 4 saturated carbocycles. The second-order valence-electron chi connectivity index (χ2n) is 24.1. The summed E-state index contributed by atoms with van der Waals surface area (Å²) >= 11 is 0. The number of carbonyl (C=O) groups is 2. The van der Waals surface area contributed by atoms with E-state index in [0.717, 1.165) is 57.4 Å². The van der Waals surface area contributed by atoms with E-state index in [1.54, 1.807) is 7.05 Å². The van der Waals surface area contributed by atoms with Crippen molar-refractivity contribution < 1.29 is 59.2 Å². The van der Waals surface area contributed by atoms with Crippen LogP contribution >= 0.6 is 0 Å². The van der Waals surface area contributed by atoms with Crippen molar-refractivity contribution in [2.24, 2.45) is 50.2 Å². The molecular weight excluding hydrogens is 907 g/mol. The molecule has 0 spiro atoms. The molecule has 2 saturated heterocycles. The maximum absolute atomic E-state index is 14.7. The number of aliphatic hydroxyl groups excluding tert-OH is 5. The highest BCUT2D eigenvalue weighted by atomic mass is 16.7. The summed E-state index contributed by atoms with van der Waals surface area (Å²) in [6.45, 7) is 17.2. The van der Waals surface area contributed by atoms with Gasteiger partial charge >= 0.3 is 11.9 Å². The van der Waals surface area contributed by atoms with Crippen molar-refractivity contribution in [3.8, 4) is 0 Å². The Bertz CT molecular complexity index is 2230. The monoisotopic (exact) mass is 984 g/mol. The van der Waals surface area contributed by atoms with Crippen molar-refractivity contribution in [3.05, 3.63) is 44.0 Å². The zero-order valence-corrected chi connectivity index (χ0v) is 42.3. The molecule has 6 fully saturated rings. The predicted molar refractivity (Wildman–Crippen MR) is 258 cm³/mol. The summed E-state index contributed by atoms with van der Waals surface area (Å²) < 4.78 is 18.1. The summed E-state index contributed by atoms with van der Waals surface area (Å²) in [5.41, 5.74) is -0.647. The van der Waals surface area contributed by atoms with Gasteiger partial charge in [-0.05, 0) is 110 Å². The highest BCUT2D eigenvalue weighted by molar-refractivity contribution is 5.80. The molecule has 7 aliphatic rings. The van der Waals surface area contributed by atoms with Gasteiger partial charge in [0.05, 0.1) is 41.1 Å². The van der Waals surface area contributed by atoms with E-state index in [4.69, 9.17) is 14.2 Å². The molecule has 13 atom stereocenters. The van der Waals surface area contributed by atoms with Crippen molar-refractivity contribution in [1.29, 1.82) is 0 Å². The number of carbonyl (C=O) groups excluding carboxylic acids is 2. The Morgan fingerprint density at radius 3 is 2.14 bits per heavy atom. The number of nitro benzene ring substituents is 2. The van der Waals surface area contributed by atoms with Gasteiger partial charge in [0.25, 0.3) is 11.4 Å². The molecule has 19 heteroatoms. The molecule has 5 N–H and O–H groups in total. The highest BCUT2D eigenvalue weighted by Crippen LogP contribution is 2.76. The summed E-state index contributed by atoms with van der Waals surface area (Å²) in [4.78, 5) is 56.5. The number of esters is 2. The first-order chi connectivity index (χ1) is 32.8. The number of allylic oxidation sites excluding steroid dienone is 2. The van der Waals surface area contributed by atoms with Crippen LogP contribution < -0.4 is 9.80 Å². The average Bonchev–Trinajstić information content (AvgIpc) is 3.30. The minimum absolute atomic E-state index is 0.0338. The summed E-state index contributed by atoms with van der Waals surface area (Å²) in [6.07, 6.45) is 2.57. The predicted octanol–water partition coefficient (Wildman–Crippen LogP) is 5.11. The number of nitrogens with zero attached hydrogens (tertiary/aromatic N) is 5. The molecular formula is C51H77N5O14. The molecule has 8 rings (SSSR count). The first kappa shape index (κ1) is 52.3. The molecule has 5 aliphatic carbocycles. The van der Waals surface area contributed by atoms with E-state index in [9.17, 15) is 55.4 Å². The summed E-state index contributed by atoms with van der Waals surface area (Å²) in [5, 5.41) is 75.1. The lowest BCUT2D eigenvalue weighted by Gasteiger charge is -2.71. The van der Waals surface area contributed by atoms with Crippen LogP contribution in [-0.4, -0.2) is 149 Å². The molecule has 1 aromatic carbocycles. The standard InChI is InChI=1S/C51H77N5O14/c1-46(2)15-17-51(45(63)70-44-43(62)42(61)41(60)36(29-58)68-44)18-16-49(6)30(31(51)27-46)9-10-38-48(5)13-12-39(47(3,4)37(48)11-14-50(38,49)7)69-40(59)28-53-19-21-54(22-20-53)33-25-32(52(8)23-24-57)34(55(64)65)26-35(33)56(66)67/h9,25-26,31,36-39,41-44,57-58,60-62H,10-24,27-29H2,1-8H3/t31-,36+,37-,38+,39-,41-,42-,43+,44-,48-,49+,50+,51-/m0/s1. The number of anilines is 2. The van der Waals surface area contributed by atoms with Crippen molar-refractivity contribution in [2.45, 2.75) is 149 Å². The summed E-state index contributed by atoms with van der Waals surface area (Å²) in [5.74, 6) is -0.276. The van der Waals surface area contributed by atoms with Gasteiger partial charge in [0.2, 0.25) is 6.29 Å². The number of hydrogen-bond donors (Lipinski definition) is 5. The molecule has 0 amide bonds. The van der Waals surface area contributed by atoms with Crippen LogP contribution in [0, 0.1) is 70.5 Å². The van der Waals surface area contributed by atoms with Gasteiger partial charge < -0.3 is 49.5 Å². The number of benzene rings is 1. The lowest BCUT2D eigenvalue weighted by molar-refractivity contribution is -0.393. The van der Waals surface area contributed by atoms with Crippen molar-refractivity contribution in [3.63, 3.8) is 0 Å². The van der Waals surface area contributed by atoms with Crippen LogP contribution in [0.5, 0.6) is 0 Å². The van der Waals surface area contributed by atoms with Crippen molar-refractivity contribution in [1.82, 2.24) is 4.90 Å².